The second-order valence-corrected chi connectivity index (χ2v) is 9.13. The molecule has 1 aliphatic rings. The number of ether oxygens (including phenoxy) is 3. The number of hydrogen-bond donors (Lipinski definition) is 0. The van der Waals surface area contributed by atoms with Gasteiger partial charge in [-0.1, -0.05) is 13.8 Å². The number of carbonyl (C=O) groups excluding carboxylic acids is 1. The fraction of sp³-hybridized carbons (Fsp3) is 0.333. The van der Waals surface area contributed by atoms with Crippen molar-refractivity contribution in [2.75, 3.05) is 13.3 Å². The summed E-state index contributed by atoms with van der Waals surface area (Å²) in [6.07, 6.45) is -4.39. The molecule has 2 aromatic carbocycles. The third-order valence-corrected chi connectivity index (χ3v) is 5.86. The van der Waals surface area contributed by atoms with Crippen molar-refractivity contribution in [2.45, 2.75) is 33.2 Å². The Kier molecular flexibility index (Phi) is 6.97. The first-order valence-corrected chi connectivity index (χ1v) is 11.5. The Balaban J connectivity index is 1.40. The molecule has 1 amide bonds. The Morgan fingerprint density at radius 3 is 2.59 bits per heavy atom. The molecule has 0 fully saturated rings. The number of hydrogen-bond acceptors (Lipinski definition) is 6. The van der Waals surface area contributed by atoms with Crippen molar-refractivity contribution in [1.29, 1.82) is 0 Å². The third-order valence-electron chi connectivity index (χ3n) is 4.99. The first-order valence-electron chi connectivity index (χ1n) is 10.6. The Bertz CT molecular complexity index is 1150. The van der Waals surface area contributed by atoms with Gasteiger partial charge in [0.15, 0.2) is 11.5 Å². The highest BCUT2D eigenvalue weighted by atomic mass is 32.1. The minimum atomic E-state index is -4.39. The van der Waals surface area contributed by atoms with Crippen LogP contribution in [0, 0.1) is 5.92 Å². The number of alkyl halides is 3. The van der Waals surface area contributed by atoms with Crippen LogP contribution in [0.1, 0.15) is 40.5 Å². The first-order chi connectivity index (χ1) is 16.2. The maximum Gasteiger partial charge on any atom is 0.416 e. The topological polar surface area (TPSA) is 60.9 Å². The lowest BCUT2D eigenvalue weighted by Gasteiger charge is -2.24. The summed E-state index contributed by atoms with van der Waals surface area (Å²) in [5.74, 6) is 1.60. The average molecular weight is 493 g/mol. The normalized spacial score (nSPS) is 12.8. The quantitative estimate of drug-likeness (QED) is 0.400. The van der Waals surface area contributed by atoms with Crippen molar-refractivity contribution in [3.8, 4) is 17.2 Å². The van der Waals surface area contributed by atoms with Crippen molar-refractivity contribution in [3.63, 3.8) is 0 Å². The van der Waals surface area contributed by atoms with Gasteiger partial charge in [-0.15, -0.1) is 11.3 Å². The lowest BCUT2D eigenvalue weighted by molar-refractivity contribution is -0.137. The summed E-state index contributed by atoms with van der Waals surface area (Å²) in [5, 5.41) is 2.51. The monoisotopic (exact) mass is 492 g/mol. The molecular formula is C24H23F3N2O4S. The molecule has 2 heterocycles. The second kappa shape index (κ2) is 9.92. The van der Waals surface area contributed by atoms with Gasteiger partial charge < -0.3 is 19.1 Å². The fourth-order valence-electron chi connectivity index (χ4n) is 3.44. The van der Waals surface area contributed by atoms with Crippen molar-refractivity contribution in [2.24, 2.45) is 5.92 Å². The van der Waals surface area contributed by atoms with Crippen molar-refractivity contribution >= 4 is 17.2 Å². The molecule has 10 heteroatoms. The SMILES string of the molecule is CC(C)CN(Cc1csc(COc2ccc(C(F)(F)F)cc2)n1)C(=O)c1ccc2c(c1)OCO2. The molecule has 4 rings (SSSR count). The fourth-order valence-corrected chi connectivity index (χ4v) is 4.14. The number of carbonyl (C=O) groups is 1. The summed E-state index contributed by atoms with van der Waals surface area (Å²) in [4.78, 5) is 19.5. The predicted molar refractivity (Wildman–Crippen MR) is 120 cm³/mol. The van der Waals surface area contributed by atoms with E-state index in [2.05, 4.69) is 4.98 Å². The molecule has 180 valence electrons. The molecular weight excluding hydrogens is 469 g/mol. The summed E-state index contributed by atoms with van der Waals surface area (Å²) < 4.78 is 54.3. The van der Waals surface area contributed by atoms with E-state index in [9.17, 15) is 18.0 Å². The maximum absolute atomic E-state index is 13.2. The van der Waals surface area contributed by atoms with E-state index in [0.29, 0.717) is 46.6 Å². The van der Waals surface area contributed by atoms with Crippen LogP contribution in [-0.4, -0.2) is 29.1 Å². The molecule has 0 saturated heterocycles. The van der Waals surface area contributed by atoms with Crippen molar-refractivity contribution in [3.05, 3.63) is 69.7 Å². The Morgan fingerprint density at radius 2 is 1.88 bits per heavy atom. The van der Waals surface area contributed by atoms with Gasteiger partial charge in [0.2, 0.25) is 6.79 Å². The van der Waals surface area contributed by atoms with Crippen molar-refractivity contribution < 1.29 is 32.2 Å². The van der Waals surface area contributed by atoms with Gasteiger partial charge in [0.25, 0.3) is 5.91 Å². The molecule has 0 atom stereocenters. The van der Waals surface area contributed by atoms with E-state index in [4.69, 9.17) is 14.2 Å². The summed E-state index contributed by atoms with van der Waals surface area (Å²) in [7, 11) is 0. The molecule has 0 aliphatic carbocycles. The van der Waals surface area contributed by atoms with Crippen LogP contribution < -0.4 is 14.2 Å². The average Bonchev–Trinajstić information content (AvgIpc) is 3.45. The van der Waals surface area contributed by atoms with Gasteiger partial charge in [0.05, 0.1) is 17.8 Å². The zero-order valence-corrected chi connectivity index (χ0v) is 19.4. The van der Waals surface area contributed by atoms with Gasteiger partial charge in [-0.3, -0.25) is 4.79 Å². The molecule has 0 radical (unpaired) electrons. The van der Waals surface area contributed by atoms with Gasteiger partial charge in [0, 0.05) is 17.5 Å². The lowest BCUT2D eigenvalue weighted by atomic mass is 10.1. The molecule has 0 saturated carbocycles. The zero-order valence-electron chi connectivity index (χ0n) is 18.6. The number of benzene rings is 2. The maximum atomic E-state index is 13.2. The largest absolute Gasteiger partial charge is 0.486 e. The summed E-state index contributed by atoms with van der Waals surface area (Å²) in [6, 6.07) is 9.65. The van der Waals surface area contributed by atoms with Gasteiger partial charge in [-0.05, 0) is 48.4 Å². The van der Waals surface area contributed by atoms with E-state index in [1.165, 1.54) is 23.5 Å². The lowest BCUT2D eigenvalue weighted by Crippen LogP contribution is -2.33. The number of halogens is 3. The minimum Gasteiger partial charge on any atom is -0.486 e. The molecule has 1 aliphatic heterocycles. The zero-order chi connectivity index (χ0) is 24.3. The Hall–Kier alpha value is -3.27. The number of aromatic nitrogens is 1. The highest BCUT2D eigenvalue weighted by Gasteiger charge is 2.30. The van der Waals surface area contributed by atoms with Crippen LogP contribution in [0.4, 0.5) is 13.2 Å². The standard InChI is InChI=1S/C24H23F3N2O4S/c1-15(2)10-29(23(30)16-3-8-20-21(9-16)33-14-32-20)11-18-13-34-22(28-18)12-31-19-6-4-17(5-7-19)24(25,26)27/h3-9,13,15H,10-12,14H2,1-2H3. The van der Waals surface area contributed by atoms with E-state index >= 15 is 0 Å². The molecule has 0 unspecified atom stereocenters. The summed E-state index contributed by atoms with van der Waals surface area (Å²) in [6.45, 7) is 5.19. The Labute approximate surface area is 198 Å². The summed E-state index contributed by atoms with van der Waals surface area (Å²) in [5.41, 5.74) is 0.491. The minimum absolute atomic E-state index is 0.121. The molecule has 34 heavy (non-hydrogen) atoms. The van der Waals surface area contributed by atoms with Crippen LogP contribution in [0.2, 0.25) is 0 Å². The van der Waals surface area contributed by atoms with Crippen molar-refractivity contribution in [1.82, 2.24) is 9.88 Å². The van der Waals surface area contributed by atoms with E-state index in [1.807, 2.05) is 19.2 Å². The van der Waals surface area contributed by atoms with Gasteiger partial charge in [-0.25, -0.2) is 4.98 Å². The number of fused-ring (bicyclic) bond motifs is 1. The molecule has 6 nitrogen and oxygen atoms in total. The van der Waals surface area contributed by atoms with Crippen LogP contribution in [0.25, 0.3) is 0 Å². The molecule has 3 aromatic rings. The third kappa shape index (κ3) is 5.80. The van der Waals surface area contributed by atoms with E-state index in [0.717, 1.165) is 12.1 Å². The van der Waals surface area contributed by atoms with E-state index < -0.39 is 11.7 Å². The predicted octanol–water partition coefficient (Wildman–Crippen LogP) is 5.77. The smallest absolute Gasteiger partial charge is 0.416 e. The van der Waals surface area contributed by atoms with Crippen LogP contribution in [0.5, 0.6) is 17.2 Å². The van der Waals surface area contributed by atoms with Crippen LogP contribution in [-0.2, 0) is 19.3 Å². The highest BCUT2D eigenvalue weighted by molar-refractivity contribution is 7.09. The van der Waals surface area contributed by atoms with Gasteiger partial charge in [-0.2, -0.15) is 13.2 Å². The van der Waals surface area contributed by atoms with Crippen LogP contribution in [0.15, 0.2) is 47.8 Å². The number of rotatable bonds is 8. The molecule has 1 aromatic heterocycles. The summed E-state index contributed by atoms with van der Waals surface area (Å²) >= 11 is 1.37. The number of nitrogens with zero attached hydrogens (tertiary/aromatic N) is 2. The second-order valence-electron chi connectivity index (χ2n) is 8.19. The first kappa shape index (κ1) is 23.9. The molecule has 0 bridgehead atoms. The molecule has 0 spiro atoms. The van der Waals surface area contributed by atoms with Gasteiger partial charge in [0.1, 0.15) is 17.4 Å². The van der Waals surface area contributed by atoms with Gasteiger partial charge >= 0.3 is 6.18 Å². The van der Waals surface area contributed by atoms with Crippen LogP contribution >= 0.6 is 11.3 Å². The molecule has 0 N–H and O–H groups in total. The number of amides is 1. The number of thiazole rings is 1. The Morgan fingerprint density at radius 1 is 1.15 bits per heavy atom. The van der Waals surface area contributed by atoms with E-state index in [-0.39, 0.29) is 25.2 Å². The highest BCUT2D eigenvalue weighted by Crippen LogP contribution is 2.33. The van der Waals surface area contributed by atoms with E-state index in [1.54, 1.807) is 23.1 Å². The van der Waals surface area contributed by atoms with Crippen LogP contribution in [0.3, 0.4) is 0 Å².